The zero-order valence-electron chi connectivity index (χ0n) is 15.6. The highest BCUT2D eigenvalue weighted by molar-refractivity contribution is 5.97. The van der Waals surface area contributed by atoms with Gasteiger partial charge >= 0.3 is 0 Å². The van der Waals surface area contributed by atoms with E-state index in [4.69, 9.17) is 4.74 Å². The van der Waals surface area contributed by atoms with Gasteiger partial charge in [0.25, 0.3) is 5.91 Å². The van der Waals surface area contributed by atoms with E-state index in [0.29, 0.717) is 30.2 Å². The summed E-state index contributed by atoms with van der Waals surface area (Å²) in [5.41, 5.74) is 2.04. The number of carbonyl (C=O) groups excluding carboxylic acids is 1. The minimum absolute atomic E-state index is 0.0540. The summed E-state index contributed by atoms with van der Waals surface area (Å²) in [5, 5.41) is 8.33. The molecule has 146 valence electrons. The molecule has 1 unspecified atom stereocenters. The summed E-state index contributed by atoms with van der Waals surface area (Å²) in [5.74, 6) is 0.479. The molecule has 5 rings (SSSR count). The number of fused-ring (bicyclic) bond motifs is 1. The Morgan fingerprint density at radius 3 is 2.90 bits per heavy atom. The molecule has 1 aromatic carbocycles. The summed E-state index contributed by atoms with van der Waals surface area (Å²) in [6.07, 6.45) is 11.7. The van der Waals surface area contributed by atoms with Crippen LogP contribution in [0.25, 0.3) is 11.2 Å². The third-order valence-electron chi connectivity index (χ3n) is 5.02. The molecule has 1 saturated heterocycles. The van der Waals surface area contributed by atoms with Crippen molar-refractivity contribution in [3.8, 4) is 11.6 Å². The predicted octanol–water partition coefficient (Wildman–Crippen LogP) is 1.99. The van der Waals surface area contributed by atoms with Gasteiger partial charge in [0.05, 0.1) is 42.7 Å². The van der Waals surface area contributed by atoms with Crippen LogP contribution in [0.2, 0.25) is 0 Å². The number of hydrogen-bond acceptors (Lipinski definition) is 6. The SMILES string of the molecule is O=C(c1ccccc1-n1nccn1)N1CCCC(Oc2nccn3cncc23)C1. The fourth-order valence-electron chi connectivity index (χ4n) is 3.63. The number of ether oxygens (including phenoxy) is 1. The summed E-state index contributed by atoms with van der Waals surface area (Å²) in [7, 11) is 0. The molecule has 0 spiro atoms. The standard InChI is InChI=1S/C20H19N7O2/c28-20(16-5-1-2-6-17(16)27-23-7-8-24-27)25-10-3-4-15(13-25)29-19-18-12-21-14-26(18)11-9-22-19/h1-2,5-9,11-12,14-15H,3-4,10,13H2. The van der Waals surface area contributed by atoms with Crippen LogP contribution in [0.15, 0.2) is 61.6 Å². The first-order valence-corrected chi connectivity index (χ1v) is 9.48. The van der Waals surface area contributed by atoms with E-state index in [0.717, 1.165) is 18.4 Å². The second-order valence-corrected chi connectivity index (χ2v) is 6.89. The largest absolute Gasteiger partial charge is 0.471 e. The van der Waals surface area contributed by atoms with Crippen molar-refractivity contribution in [3.63, 3.8) is 0 Å². The van der Waals surface area contributed by atoms with Crippen LogP contribution < -0.4 is 4.74 Å². The number of piperidine rings is 1. The Morgan fingerprint density at radius 2 is 2.00 bits per heavy atom. The molecule has 1 aliphatic rings. The average Bonchev–Trinajstić information content (AvgIpc) is 3.46. The Hall–Kier alpha value is -3.75. The number of amides is 1. The maximum Gasteiger partial charge on any atom is 0.256 e. The van der Waals surface area contributed by atoms with Crippen LogP contribution in [0.4, 0.5) is 0 Å². The smallest absolute Gasteiger partial charge is 0.256 e. The van der Waals surface area contributed by atoms with E-state index in [-0.39, 0.29) is 12.0 Å². The molecule has 9 nitrogen and oxygen atoms in total. The van der Waals surface area contributed by atoms with Crippen molar-refractivity contribution in [1.82, 2.24) is 34.3 Å². The molecule has 1 amide bonds. The number of hydrogen-bond donors (Lipinski definition) is 0. The molecule has 0 N–H and O–H groups in total. The molecule has 0 saturated carbocycles. The molecule has 0 radical (unpaired) electrons. The van der Waals surface area contributed by atoms with E-state index in [2.05, 4.69) is 20.2 Å². The number of para-hydroxylation sites is 1. The van der Waals surface area contributed by atoms with Gasteiger partial charge in [-0.3, -0.25) is 4.79 Å². The van der Waals surface area contributed by atoms with Crippen molar-refractivity contribution in [2.45, 2.75) is 18.9 Å². The number of imidazole rings is 1. The van der Waals surface area contributed by atoms with Gasteiger partial charge in [-0.15, -0.1) is 0 Å². The molecule has 0 bridgehead atoms. The highest BCUT2D eigenvalue weighted by atomic mass is 16.5. The molecular formula is C20H19N7O2. The highest BCUT2D eigenvalue weighted by Crippen LogP contribution is 2.23. The molecule has 1 aliphatic heterocycles. The third-order valence-corrected chi connectivity index (χ3v) is 5.02. The second-order valence-electron chi connectivity index (χ2n) is 6.89. The van der Waals surface area contributed by atoms with Gasteiger partial charge in [0.2, 0.25) is 5.88 Å². The van der Waals surface area contributed by atoms with Gasteiger partial charge in [0, 0.05) is 18.9 Å². The lowest BCUT2D eigenvalue weighted by Gasteiger charge is -2.33. The normalized spacial score (nSPS) is 16.8. The van der Waals surface area contributed by atoms with Crippen LogP contribution in [-0.4, -0.2) is 59.4 Å². The van der Waals surface area contributed by atoms with Crippen LogP contribution in [0, 0.1) is 0 Å². The first-order valence-electron chi connectivity index (χ1n) is 9.48. The number of aromatic nitrogens is 6. The van der Waals surface area contributed by atoms with Gasteiger partial charge in [-0.05, 0) is 25.0 Å². The first kappa shape index (κ1) is 17.4. The van der Waals surface area contributed by atoms with Gasteiger partial charge in [-0.1, -0.05) is 12.1 Å². The monoisotopic (exact) mass is 389 g/mol. The minimum Gasteiger partial charge on any atom is -0.471 e. The lowest BCUT2D eigenvalue weighted by atomic mass is 10.1. The third kappa shape index (κ3) is 3.31. The maximum absolute atomic E-state index is 13.3. The average molecular weight is 389 g/mol. The Kier molecular flexibility index (Phi) is 4.39. The molecule has 1 atom stereocenters. The first-order chi connectivity index (χ1) is 14.3. The summed E-state index contributed by atoms with van der Waals surface area (Å²) in [4.78, 5) is 25.0. The highest BCUT2D eigenvalue weighted by Gasteiger charge is 2.28. The van der Waals surface area contributed by atoms with Crippen molar-refractivity contribution in [1.29, 1.82) is 0 Å². The van der Waals surface area contributed by atoms with E-state index in [1.165, 1.54) is 4.80 Å². The fraction of sp³-hybridized carbons (Fsp3) is 0.250. The number of benzene rings is 1. The minimum atomic E-state index is -0.128. The topological polar surface area (TPSA) is 90.4 Å². The molecule has 4 aromatic rings. The molecular weight excluding hydrogens is 370 g/mol. The second kappa shape index (κ2) is 7.34. The van der Waals surface area contributed by atoms with Crippen LogP contribution in [-0.2, 0) is 0 Å². The lowest BCUT2D eigenvalue weighted by Crippen LogP contribution is -2.44. The predicted molar refractivity (Wildman–Crippen MR) is 104 cm³/mol. The molecule has 1 fully saturated rings. The zero-order valence-corrected chi connectivity index (χ0v) is 15.6. The van der Waals surface area contributed by atoms with Gasteiger partial charge < -0.3 is 14.0 Å². The van der Waals surface area contributed by atoms with Crippen molar-refractivity contribution in [3.05, 3.63) is 67.1 Å². The van der Waals surface area contributed by atoms with Crippen LogP contribution >= 0.6 is 0 Å². The van der Waals surface area contributed by atoms with Crippen molar-refractivity contribution in [2.75, 3.05) is 13.1 Å². The Bertz CT molecular complexity index is 1140. The Labute approximate surface area is 166 Å². The van der Waals surface area contributed by atoms with E-state index >= 15 is 0 Å². The van der Waals surface area contributed by atoms with Crippen LogP contribution in [0.3, 0.4) is 0 Å². The summed E-state index contributed by atoms with van der Waals surface area (Å²) in [6.45, 7) is 1.18. The lowest BCUT2D eigenvalue weighted by molar-refractivity contribution is 0.0530. The molecule has 4 heterocycles. The van der Waals surface area contributed by atoms with Gasteiger partial charge in [0.15, 0.2) is 0 Å². The molecule has 3 aromatic heterocycles. The fourth-order valence-corrected chi connectivity index (χ4v) is 3.63. The van der Waals surface area contributed by atoms with Crippen LogP contribution in [0.5, 0.6) is 5.88 Å². The van der Waals surface area contributed by atoms with Gasteiger partial charge in [-0.25, -0.2) is 9.97 Å². The van der Waals surface area contributed by atoms with Gasteiger partial charge in [0.1, 0.15) is 11.6 Å². The summed E-state index contributed by atoms with van der Waals surface area (Å²) < 4.78 is 8.01. The maximum atomic E-state index is 13.3. The molecule has 29 heavy (non-hydrogen) atoms. The quantitative estimate of drug-likeness (QED) is 0.530. The zero-order chi connectivity index (χ0) is 19.6. The number of carbonyl (C=O) groups is 1. The molecule has 0 aliphatic carbocycles. The van der Waals surface area contributed by atoms with E-state index in [9.17, 15) is 4.79 Å². The van der Waals surface area contributed by atoms with E-state index < -0.39 is 0 Å². The number of likely N-dealkylation sites (tertiary alicyclic amines) is 1. The van der Waals surface area contributed by atoms with Crippen molar-refractivity contribution < 1.29 is 9.53 Å². The Morgan fingerprint density at radius 1 is 1.14 bits per heavy atom. The molecule has 9 heteroatoms. The van der Waals surface area contributed by atoms with E-state index in [1.807, 2.05) is 33.7 Å². The summed E-state index contributed by atoms with van der Waals surface area (Å²) >= 11 is 0. The van der Waals surface area contributed by atoms with Crippen molar-refractivity contribution in [2.24, 2.45) is 0 Å². The van der Waals surface area contributed by atoms with Gasteiger partial charge in [-0.2, -0.15) is 15.0 Å². The number of rotatable bonds is 4. The van der Waals surface area contributed by atoms with E-state index in [1.54, 1.807) is 37.2 Å². The summed E-state index contributed by atoms with van der Waals surface area (Å²) in [6, 6.07) is 7.37. The van der Waals surface area contributed by atoms with Crippen molar-refractivity contribution >= 4 is 11.4 Å². The van der Waals surface area contributed by atoms with Crippen LogP contribution in [0.1, 0.15) is 23.2 Å². The Balaban J connectivity index is 1.36. The number of nitrogens with zero attached hydrogens (tertiary/aromatic N) is 7.